The highest BCUT2D eigenvalue weighted by atomic mass is 35.5. The molecule has 0 aliphatic rings. The SMILES string of the molecule is O=Cc1cc(F)ccc1OCc1ccc(Cl)cc1[N+](=O)[O-]. The summed E-state index contributed by atoms with van der Waals surface area (Å²) in [6.45, 7) is -0.139. The zero-order chi connectivity index (χ0) is 15.4. The molecule has 2 aromatic rings. The molecule has 0 saturated heterocycles. The van der Waals surface area contributed by atoms with Gasteiger partial charge < -0.3 is 4.74 Å². The fraction of sp³-hybridized carbons (Fsp3) is 0.0714. The van der Waals surface area contributed by atoms with E-state index in [1.165, 1.54) is 24.3 Å². The molecule has 0 heterocycles. The van der Waals surface area contributed by atoms with Crippen molar-refractivity contribution in [1.29, 1.82) is 0 Å². The molecule has 7 heteroatoms. The smallest absolute Gasteiger partial charge is 0.277 e. The van der Waals surface area contributed by atoms with Gasteiger partial charge in [-0.2, -0.15) is 0 Å². The molecule has 108 valence electrons. The number of nitro benzene ring substituents is 1. The third kappa shape index (κ3) is 3.55. The number of carbonyl (C=O) groups excluding carboxylic acids is 1. The first-order chi connectivity index (χ1) is 10.0. The maximum absolute atomic E-state index is 13.0. The lowest BCUT2D eigenvalue weighted by Gasteiger charge is -2.09. The Balaban J connectivity index is 2.24. The van der Waals surface area contributed by atoms with Gasteiger partial charge in [0.1, 0.15) is 18.2 Å². The molecule has 0 fully saturated rings. The van der Waals surface area contributed by atoms with Crippen LogP contribution < -0.4 is 4.74 Å². The summed E-state index contributed by atoms with van der Waals surface area (Å²) in [5.74, 6) is -0.419. The summed E-state index contributed by atoms with van der Waals surface area (Å²) in [6, 6.07) is 7.63. The molecule has 2 rings (SSSR count). The largest absolute Gasteiger partial charge is 0.488 e. The molecule has 0 bridgehead atoms. The Kier molecular flexibility index (Phi) is 4.49. The molecule has 0 aliphatic heterocycles. The van der Waals surface area contributed by atoms with E-state index in [9.17, 15) is 19.3 Å². The second-order valence-corrected chi connectivity index (χ2v) is 4.56. The summed E-state index contributed by atoms with van der Waals surface area (Å²) < 4.78 is 18.3. The number of rotatable bonds is 5. The van der Waals surface area contributed by atoms with Gasteiger partial charge in [-0.3, -0.25) is 14.9 Å². The molecule has 0 spiro atoms. The Labute approximate surface area is 124 Å². The molecule has 0 saturated carbocycles. The summed E-state index contributed by atoms with van der Waals surface area (Å²) in [6.07, 6.45) is 0.453. The van der Waals surface area contributed by atoms with Crippen molar-refractivity contribution >= 4 is 23.6 Å². The number of hydrogen-bond donors (Lipinski definition) is 0. The highest BCUT2D eigenvalue weighted by Crippen LogP contribution is 2.25. The van der Waals surface area contributed by atoms with Crippen molar-refractivity contribution in [3.8, 4) is 5.75 Å². The third-order valence-electron chi connectivity index (χ3n) is 2.73. The first kappa shape index (κ1) is 14.9. The Morgan fingerprint density at radius 3 is 2.71 bits per heavy atom. The number of ether oxygens (including phenoxy) is 1. The summed E-state index contributed by atoms with van der Waals surface area (Å²) in [7, 11) is 0. The molecule has 5 nitrogen and oxygen atoms in total. The van der Waals surface area contributed by atoms with E-state index in [0.29, 0.717) is 11.8 Å². The van der Waals surface area contributed by atoms with Crippen LogP contribution in [0.25, 0.3) is 0 Å². The van der Waals surface area contributed by atoms with Gasteiger partial charge in [-0.05, 0) is 30.3 Å². The van der Waals surface area contributed by atoms with Crippen LogP contribution in [0.4, 0.5) is 10.1 Å². The number of halogens is 2. The van der Waals surface area contributed by atoms with Gasteiger partial charge in [0, 0.05) is 11.1 Å². The minimum Gasteiger partial charge on any atom is -0.488 e. The minimum absolute atomic E-state index is 0.0339. The molecule has 2 aromatic carbocycles. The Hall–Kier alpha value is -2.47. The standard InChI is InChI=1S/C14H9ClFNO4/c15-11-2-1-9(13(6-11)17(19)20)8-21-14-4-3-12(16)5-10(14)7-18/h1-7H,8H2. The van der Waals surface area contributed by atoms with Crippen LogP contribution in [0.15, 0.2) is 36.4 Å². The highest BCUT2D eigenvalue weighted by molar-refractivity contribution is 6.30. The van der Waals surface area contributed by atoms with E-state index < -0.39 is 10.7 Å². The number of hydrogen-bond acceptors (Lipinski definition) is 4. The van der Waals surface area contributed by atoms with Crippen LogP contribution in [-0.2, 0) is 6.61 Å². The zero-order valence-electron chi connectivity index (χ0n) is 10.6. The molecular weight excluding hydrogens is 301 g/mol. The van der Waals surface area contributed by atoms with Crippen molar-refractivity contribution in [2.24, 2.45) is 0 Å². The van der Waals surface area contributed by atoms with Gasteiger partial charge in [-0.1, -0.05) is 11.6 Å². The molecular formula is C14H9ClFNO4. The van der Waals surface area contributed by atoms with Crippen molar-refractivity contribution < 1.29 is 18.8 Å². The first-order valence-corrected chi connectivity index (χ1v) is 6.19. The number of benzene rings is 2. The zero-order valence-corrected chi connectivity index (χ0v) is 11.3. The first-order valence-electron chi connectivity index (χ1n) is 5.81. The van der Waals surface area contributed by atoms with Crippen LogP contribution >= 0.6 is 11.6 Å². The Morgan fingerprint density at radius 1 is 1.29 bits per heavy atom. The van der Waals surface area contributed by atoms with Gasteiger partial charge >= 0.3 is 0 Å². The molecule has 0 radical (unpaired) electrons. The Bertz CT molecular complexity index is 705. The normalized spacial score (nSPS) is 10.2. The Morgan fingerprint density at radius 2 is 2.05 bits per heavy atom. The third-order valence-corrected chi connectivity index (χ3v) is 2.96. The summed E-state index contributed by atoms with van der Waals surface area (Å²) in [4.78, 5) is 21.2. The minimum atomic E-state index is -0.574. The van der Waals surface area contributed by atoms with Crippen LogP contribution in [0, 0.1) is 15.9 Å². The maximum atomic E-state index is 13.0. The molecule has 21 heavy (non-hydrogen) atoms. The molecule has 0 unspecified atom stereocenters. The highest BCUT2D eigenvalue weighted by Gasteiger charge is 2.15. The molecule has 0 aliphatic carbocycles. The van der Waals surface area contributed by atoms with Crippen molar-refractivity contribution in [1.82, 2.24) is 0 Å². The fourth-order valence-electron chi connectivity index (χ4n) is 1.73. The van der Waals surface area contributed by atoms with Gasteiger partial charge in [0.25, 0.3) is 5.69 Å². The second-order valence-electron chi connectivity index (χ2n) is 4.12. The predicted molar refractivity (Wildman–Crippen MR) is 74.2 cm³/mol. The lowest BCUT2D eigenvalue weighted by molar-refractivity contribution is -0.385. The van der Waals surface area contributed by atoms with Crippen LogP contribution in [0.3, 0.4) is 0 Å². The van der Waals surface area contributed by atoms with Crippen LogP contribution in [-0.4, -0.2) is 11.2 Å². The van der Waals surface area contributed by atoms with E-state index >= 15 is 0 Å². The van der Waals surface area contributed by atoms with Crippen molar-refractivity contribution in [3.63, 3.8) is 0 Å². The van der Waals surface area contributed by atoms with Gasteiger partial charge in [0.2, 0.25) is 0 Å². The van der Waals surface area contributed by atoms with E-state index in [2.05, 4.69) is 0 Å². The molecule has 0 atom stereocenters. The van der Waals surface area contributed by atoms with Crippen LogP contribution in [0.1, 0.15) is 15.9 Å². The summed E-state index contributed by atoms with van der Waals surface area (Å²) in [5.41, 5.74) is 0.148. The lowest BCUT2D eigenvalue weighted by atomic mass is 10.2. The van der Waals surface area contributed by atoms with Crippen molar-refractivity contribution in [2.75, 3.05) is 0 Å². The van der Waals surface area contributed by atoms with Crippen LogP contribution in [0.2, 0.25) is 5.02 Å². The van der Waals surface area contributed by atoms with E-state index in [-0.39, 0.29) is 28.6 Å². The average molecular weight is 310 g/mol. The van der Waals surface area contributed by atoms with Gasteiger partial charge in [0.05, 0.1) is 16.1 Å². The quantitative estimate of drug-likeness (QED) is 0.479. The predicted octanol–water partition coefficient (Wildman–Crippen LogP) is 3.78. The molecule has 0 N–H and O–H groups in total. The number of nitro groups is 1. The average Bonchev–Trinajstić information content (AvgIpc) is 2.46. The fourth-order valence-corrected chi connectivity index (χ4v) is 1.89. The molecule has 0 amide bonds. The van der Waals surface area contributed by atoms with Crippen molar-refractivity contribution in [2.45, 2.75) is 6.61 Å². The van der Waals surface area contributed by atoms with Crippen molar-refractivity contribution in [3.05, 3.63) is 68.5 Å². The monoisotopic (exact) mass is 309 g/mol. The van der Waals surface area contributed by atoms with Gasteiger partial charge in [-0.15, -0.1) is 0 Å². The van der Waals surface area contributed by atoms with Gasteiger partial charge in [0.15, 0.2) is 6.29 Å². The van der Waals surface area contributed by atoms with E-state index in [1.807, 2.05) is 0 Å². The number of aldehydes is 1. The maximum Gasteiger partial charge on any atom is 0.277 e. The summed E-state index contributed by atoms with van der Waals surface area (Å²) >= 11 is 5.71. The summed E-state index contributed by atoms with van der Waals surface area (Å²) in [5, 5.41) is 11.2. The number of carbonyl (C=O) groups is 1. The van der Waals surface area contributed by atoms with E-state index in [4.69, 9.17) is 16.3 Å². The number of nitrogens with zero attached hydrogens (tertiary/aromatic N) is 1. The topological polar surface area (TPSA) is 69.4 Å². The second kappa shape index (κ2) is 6.32. The lowest BCUT2D eigenvalue weighted by Crippen LogP contribution is -2.02. The van der Waals surface area contributed by atoms with E-state index in [0.717, 1.165) is 12.1 Å². The van der Waals surface area contributed by atoms with Gasteiger partial charge in [-0.25, -0.2) is 4.39 Å². The van der Waals surface area contributed by atoms with Crippen LogP contribution in [0.5, 0.6) is 5.75 Å². The molecule has 0 aromatic heterocycles. The van der Waals surface area contributed by atoms with E-state index in [1.54, 1.807) is 0 Å².